The van der Waals surface area contributed by atoms with Crippen LogP contribution in [0.2, 0.25) is 5.02 Å². The summed E-state index contributed by atoms with van der Waals surface area (Å²) in [6.45, 7) is 0.0626. The average molecular weight is 385 g/mol. The Labute approximate surface area is 150 Å². The van der Waals surface area contributed by atoms with Crippen molar-refractivity contribution >= 4 is 25.2 Å². The largest absolute Gasteiger partial charge is 0.489 e. The number of hydrogen-bond acceptors (Lipinski definition) is 5. The highest BCUT2D eigenvalue weighted by Crippen LogP contribution is 2.41. The molecule has 0 saturated heterocycles. The van der Waals surface area contributed by atoms with Crippen LogP contribution in [0.25, 0.3) is 0 Å². The van der Waals surface area contributed by atoms with Crippen LogP contribution < -0.4 is 4.74 Å². The maximum Gasteiger partial charge on any atom is 0.471 e. The number of carbonyl (C=O) groups excluding carboxylic acids is 1. The van der Waals surface area contributed by atoms with Crippen molar-refractivity contribution in [2.24, 2.45) is 0 Å². The number of carbonyl (C=O) groups is 1. The molecule has 0 heterocycles. The standard InChI is InChI=1S/C17H18ClO6P/c1-22-25(20,21)24-10-9-17(19)13-6-4-7-15(11-13)23-12-14-5-2-3-8-16(14)18/h2-8,11H,9-10,12H2,1H3,(H,20,21). The fraction of sp³-hybridized carbons (Fsp3) is 0.235. The first kappa shape index (κ1) is 19.6. The van der Waals surface area contributed by atoms with Gasteiger partial charge in [-0.25, -0.2) is 4.57 Å². The molecule has 0 spiro atoms. The van der Waals surface area contributed by atoms with Crippen molar-refractivity contribution in [1.82, 2.24) is 0 Å². The number of phosphoric acid groups is 1. The maximum absolute atomic E-state index is 12.1. The summed E-state index contributed by atoms with van der Waals surface area (Å²) in [4.78, 5) is 21.3. The molecule has 0 aromatic heterocycles. The second-order valence-corrected chi connectivity index (χ2v) is 7.03. The van der Waals surface area contributed by atoms with Crippen molar-refractivity contribution in [1.29, 1.82) is 0 Å². The summed E-state index contributed by atoms with van der Waals surface area (Å²) in [7, 11) is -3.01. The Balaban J connectivity index is 1.93. The van der Waals surface area contributed by atoms with Crippen LogP contribution >= 0.6 is 19.4 Å². The SMILES string of the molecule is COP(=O)(O)OCCC(=O)c1cccc(OCc2ccccc2Cl)c1. The summed E-state index contributed by atoms with van der Waals surface area (Å²) in [5.41, 5.74) is 1.26. The second kappa shape index (κ2) is 9.13. The zero-order valence-electron chi connectivity index (χ0n) is 13.6. The molecule has 8 heteroatoms. The third-order valence-corrected chi connectivity index (χ3v) is 4.66. The minimum absolute atomic E-state index is 0.0537. The fourth-order valence-electron chi connectivity index (χ4n) is 1.99. The molecule has 1 N–H and O–H groups in total. The van der Waals surface area contributed by atoms with Crippen LogP contribution in [0.15, 0.2) is 48.5 Å². The van der Waals surface area contributed by atoms with E-state index in [1.807, 2.05) is 18.2 Å². The third-order valence-electron chi connectivity index (χ3n) is 3.32. The molecule has 134 valence electrons. The lowest BCUT2D eigenvalue weighted by Crippen LogP contribution is -2.05. The van der Waals surface area contributed by atoms with Crippen molar-refractivity contribution in [2.45, 2.75) is 13.0 Å². The van der Waals surface area contributed by atoms with Crippen molar-refractivity contribution in [3.8, 4) is 5.75 Å². The molecule has 6 nitrogen and oxygen atoms in total. The minimum atomic E-state index is -4.07. The Morgan fingerprint density at radius 1 is 1.20 bits per heavy atom. The van der Waals surface area contributed by atoms with Gasteiger partial charge in [0.25, 0.3) is 0 Å². The number of hydrogen-bond donors (Lipinski definition) is 1. The Morgan fingerprint density at radius 3 is 2.68 bits per heavy atom. The van der Waals surface area contributed by atoms with Crippen LogP contribution in [0.5, 0.6) is 5.75 Å². The molecule has 0 amide bonds. The third kappa shape index (κ3) is 6.27. The zero-order chi connectivity index (χ0) is 18.3. The van der Waals surface area contributed by atoms with Gasteiger partial charge in [0, 0.05) is 29.7 Å². The summed E-state index contributed by atoms with van der Waals surface area (Å²) in [5.74, 6) is 0.288. The number of rotatable bonds is 9. The summed E-state index contributed by atoms with van der Waals surface area (Å²) in [6, 6.07) is 14.0. The van der Waals surface area contributed by atoms with E-state index in [0.29, 0.717) is 16.3 Å². The van der Waals surface area contributed by atoms with Gasteiger partial charge in [0.2, 0.25) is 0 Å². The number of ketones is 1. The van der Waals surface area contributed by atoms with Gasteiger partial charge in [0.15, 0.2) is 5.78 Å². The van der Waals surface area contributed by atoms with Gasteiger partial charge in [-0.3, -0.25) is 13.8 Å². The molecular weight excluding hydrogens is 367 g/mol. The normalized spacial score (nSPS) is 13.2. The van der Waals surface area contributed by atoms with Crippen LogP contribution in [0.3, 0.4) is 0 Å². The molecule has 0 aliphatic carbocycles. The van der Waals surface area contributed by atoms with E-state index in [9.17, 15) is 9.36 Å². The smallest absolute Gasteiger partial charge is 0.471 e. The van der Waals surface area contributed by atoms with Crippen molar-refractivity contribution in [3.63, 3.8) is 0 Å². The minimum Gasteiger partial charge on any atom is -0.489 e. The number of halogens is 1. The first-order valence-corrected chi connectivity index (χ1v) is 9.31. The van der Waals surface area contributed by atoms with E-state index in [4.69, 9.17) is 21.2 Å². The molecule has 0 aliphatic heterocycles. The summed E-state index contributed by atoms with van der Waals surface area (Å²) in [6.07, 6.45) is -0.0537. The predicted octanol–water partition coefficient (Wildman–Crippen LogP) is 4.26. The molecule has 0 radical (unpaired) electrons. The topological polar surface area (TPSA) is 82.1 Å². The predicted molar refractivity (Wildman–Crippen MR) is 94.0 cm³/mol. The van der Waals surface area contributed by atoms with Gasteiger partial charge in [-0.15, -0.1) is 0 Å². The number of ether oxygens (including phenoxy) is 1. The van der Waals surface area contributed by atoms with Gasteiger partial charge in [0.05, 0.1) is 6.61 Å². The lowest BCUT2D eigenvalue weighted by atomic mass is 10.1. The molecular formula is C17H18ClO6P. The molecule has 25 heavy (non-hydrogen) atoms. The first-order valence-electron chi connectivity index (χ1n) is 7.44. The van der Waals surface area contributed by atoms with Crippen LogP contribution in [0.1, 0.15) is 22.3 Å². The van der Waals surface area contributed by atoms with E-state index >= 15 is 0 Å². The van der Waals surface area contributed by atoms with Gasteiger partial charge < -0.3 is 9.63 Å². The molecule has 2 aromatic rings. The van der Waals surface area contributed by atoms with E-state index in [2.05, 4.69) is 9.05 Å². The maximum atomic E-state index is 12.1. The first-order chi connectivity index (χ1) is 11.9. The van der Waals surface area contributed by atoms with E-state index < -0.39 is 7.82 Å². The van der Waals surface area contributed by atoms with Crippen LogP contribution in [-0.4, -0.2) is 24.4 Å². The highest BCUT2D eigenvalue weighted by molar-refractivity contribution is 7.47. The van der Waals surface area contributed by atoms with Gasteiger partial charge in [-0.05, 0) is 18.2 Å². The van der Waals surface area contributed by atoms with E-state index in [1.165, 1.54) is 0 Å². The van der Waals surface area contributed by atoms with Gasteiger partial charge in [0.1, 0.15) is 12.4 Å². The molecule has 1 atom stereocenters. The summed E-state index contributed by atoms with van der Waals surface area (Å²) in [5, 5.41) is 0.610. The van der Waals surface area contributed by atoms with Crippen molar-refractivity contribution < 1.29 is 28.0 Å². The van der Waals surface area contributed by atoms with Crippen molar-refractivity contribution in [3.05, 3.63) is 64.7 Å². The van der Waals surface area contributed by atoms with E-state index in [1.54, 1.807) is 30.3 Å². The van der Waals surface area contributed by atoms with Gasteiger partial charge >= 0.3 is 7.82 Å². The number of benzene rings is 2. The molecule has 1 unspecified atom stereocenters. The Kier molecular flexibility index (Phi) is 7.17. The van der Waals surface area contributed by atoms with Crippen LogP contribution in [0.4, 0.5) is 0 Å². The molecule has 0 aliphatic rings. The monoisotopic (exact) mass is 384 g/mol. The van der Waals surface area contributed by atoms with Gasteiger partial charge in [-0.1, -0.05) is 41.9 Å². The molecule has 0 saturated carbocycles. The summed E-state index contributed by atoms with van der Waals surface area (Å²) < 4.78 is 25.8. The highest BCUT2D eigenvalue weighted by atomic mass is 35.5. The average Bonchev–Trinajstić information content (AvgIpc) is 2.61. The van der Waals surface area contributed by atoms with Gasteiger partial charge in [-0.2, -0.15) is 0 Å². The number of phosphoric ester groups is 1. The zero-order valence-corrected chi connectivity index (χ0v) is 15.2. The van der Waals surface area contributed by atoms with Crippen molar-refractivity contribution in [2.75, 3.05) is 13.7 Å². The van der Waals surface area contributed by atoms with E-state index in [0.717, 1.165) is 12.7 Å². The molecule has 0 fully saturated rings. The number of Topliss-reactive ketones (excluding diaryl/α,β-unsaturated/α-hetero) is 1. The Bertz CT molecular complexity index is 779. The molecule has 0 bridgehead atoms. The van der Waals surface area contributed by atoms with Crippen LogP contribution in [-0.2, 0) is 20.2 Å². The quantitative estimate of drug-likeness (QED) is 0.514. The summed E-state index contributed by atoms with van der Waals surface area (Å²) >= 11 is 6.08. The fourth-order valence-corrected chi connectivity index (χ4v) is 2.60. The Hall–Kier alpha value is -1.69. The molecule has 2 rings (SSSR count). The highest BCUT2D eigenvalue weighted by Gasteiger charge is 2.19. The van der Waals surface area contributed by atoms with E-state index in [-0.39, 0.29) is 25.4 Å². The Morgan fingerprint density at radius 2 is 1.96 bits per heavy atom. The lowest BCUT2D eigenvalue weighted by molar-refractivity contribution is 0.0946. The lowest BCUT2D eigenvalue weighted by Gasteiger charge is -2.10. The second-order valence-electron chi connectivity index (χ2n) is 5.07. The molecule has 2 aromatic carbocycles. The van der Waals surface area contributed by atoms with Crippen LogP contribution in [0, 0.1) is 0 Å².